The number of methoxy groups -OCH3 is 1. The fraction of sp³-hybridized carbons (Fsp3) is 0.611. The van der Waals surface area contributed by atoms with Crippen molar-refractivity contribution >= 4 is 5.97 Å². The van der Waals surface area contributed by atoms with Crippen molar-refractivity contribution in [3.63, 3.8) is 0 Å². The molecule has 3 nitrogen and oxygen atoms in total. The minimum absolute atomic E-state index is 0.00244. The molecule has 2 aliphatic carbocycles. The van der Waals surface area contributed by atoms with Crippen LogP contribution >= 0.6 is 0 Å². The van der Waals surface area contributed by atoms with Crippen LogP contribution < -0.4 is 4.74 Å². The molecule has 0 N–H and O–H groups in total. The number of rotatable bonds is 4. The van der Waals surface area contributed by atoms with E-state index >= 15 is 0 Å². The third kappa shape index (κ3) is 2.66. The van der Waals surface area contributed by atoms with Crippen molar-refractivity contribution in [3.05, 3.63) is 29.8 Å². The molecule has 2 saturated carbocycles. The van der Waals surface area contributed by atoms with E-state index in [4.69, 9.17) is 9.47 Å². The topological polar surface area (TPSA) is 35.5 Å². The Morgan fingerprint density at radius 1 is 1.19 bits per heavy atom. The maximum absolute atomic E-state index is 12.4. The highest BCUT2D eigenvalue weighted by Gasteiger charge is 2.52. The second-order valence-corrected chi connectivity index (χ2v) is 6.71. The fourth-order valence-electron chi connectivity index (χ4n) is 4.31. The lowest BCUT2D eigenvalue weighted by Crippen LogP contribution is -2.32. The largest absolute Gasteiger partial charge is 0.497 e. The van der Waals surface area contributed by atoms with Crippen LogP contribution in [0.3, 0.4) is 0 Å². The minimum Gasteiger partial charge on any atom is -0.497 e. The van der Waals surface area contributed by atoms with Crippen molar-refractivity contribution in [1.29, 1.82) is 0 Å². The lowest BCUT2D eigenvalue weighted by Gasteiger charge is -2.30. The van der Waals surface area contributed by atoms with E-state index in [1.807, 2.05) is 24.3 Å². The molecule has 0 saturated heterocycles. The van der Waals surface area contributed by atoms with Gasteiger partial charge in [0.05, 0.1) is 13.0 Å². The van der Waals surface area contributed by atoms with Crippen molar-refractivity contribution in [3.8, 4) is 5.75 Å². The van der Waals surface area contributed by atoms with Gasteiger partial charge in [-0.2, -0.15) is 0 Å². The van der Waals surface area contributed by atoms with E-state index in [-0.39, 0.29) is 11.9 Å². The molecule has 2 bridgehead atoms. The molecule has 5 atom stereocenters. The summed E-state index contributed by atoms with van der Waals surface area (Å²) in [5, 5.41) is 0. The first-order valence-corrected chi connectivity index (χ1v) is 7.89. The van der Waals surface area contributed by atoms with Gasteiger partial charge in [-0.15, -0.1) is 0 Å². The molecule has 2 aliphatic rings. The Balaban J connectivity index is 1.59. The summed E-state index contributed by atoms with van der Waals surface area (Å²) in [5.41, 5.74) is 1.01. The van der Waals surface area contributed by atoms with Crippen LogP contribution in [0, 0.1) is 29.6 Å². The third-order valence-electron chi connectivity index (χ3n) is 5.56. The van der Waals surface area contributed by atoms with Gasteiger partial charge in [-0.3, -0.25) is 4.79 Å². The number of carbonyl (C=O) groups excluding carboxylic acids is 1. The number of hydrogen-bond donors (Lipinski definition) is 0. The summed E-state index contributed by atoms with van der Waals surface area (Å²) in [6.45, 7) is 4.86. The van der Waals surface area contributed by atoms with Crippen LogP contribution in [-0.2, 0) is 16.1 Å². The quantitative estimate of drug-likeness (QED) is 0.793. The second kappa shape index (κ2) is 5.70. The van der Waals surface area contributed by atoms with Gasteiger partial charge in [-0.1, -0.05) is 26.0 Å². The van der Waals surface area contributed by atoms with Gasteiger partial charge in [0, 0.05) is 0 Å². The molecule has 2 fully saturated rings. The second-order valence-electron chi connectivity index (χ2n) is 6.71. The Morgan fingerprint density at radius 3 is 2.52 bits per heavy atom. The Morgan fingerprint density at radius 2 is 1.90 bits per heavy atom. The van der Waals surface area contributed by atoms with E-state index in [0.29, 0.717) is 24.4 Å². The number of hydrogen-bond acceptors (Lipinski definition) is 3. The van der Waals surface area contributed by atoms with Crippen LogP contribution in [0.25, 0.3) is 0 Å². The zero-order valence-electron chi connectivity index (χ0n) is 13.0. The monoisotopic (exact) mass is 288 g/mol. The maximum atomic E-state index is 12.4. The lowest BCUT2D eigenvalue weighted by molar-refractivity contribution is -0.154. The number of benzene rings is 1. The highest BCUT2D eigenvalue weighted by atomic mass is 16.5. The summed E-state index contributed by atoms with van der Waals surface area (Å²) < 4.78 is 10.7. The summed E-state index contributed by atoms with van der Waals surface area (Å²) in [4.78, 5) is 12.4. The normalized spacial score (nSPS) is 34.0. The van der Waals surface area contributed by atoms with Gasteiger partial charge in [0.1, 0.15) is 12.4 Å². The van der Waals surface area contributed by atoms with E-state index in [0.717, 1.165) is 17.2 Å². The van der Waals surface area contributed by atoms with Gasteiger partial charge in [-0.25, -0.2) is 0 Å². The van der Waals surface area contributed by atoms with Crippen LogP contribution in [-0.4, -0.2) is 13.1 Å². The van der Waals surface area contributed by atoms with E-state index in [9.17, 15) is 4.79 Å². The van der Waals surface area contributed by atoms with Crippen LogP contribution in [0.1, 0.15) is 32.3 Å². The molecule has 0 aliphatic heterocycles. The highest BCUT2D eigenvalue weighted by molar-refractivity contribution is 5.74. The van der Waals surface area contributed by atoms with E-state index in [1.54, 1.807) is 7.11 Å². The van der Waals surface area contributed by atoms with Gasteiger partial charge >= 0.3 is 5.97 Å². The number of fused-ring (bicyclic) bond motifs is 2. The van der Waals surface area contributed by atoms with Gasteiger partial charge in [0.25, 0.3) is 0 Å². The molecule has 0 aromatic heterocycles. The average molecular weight is 288 g/mol. The summed E-state index contributed by atoms with van der Waals surface area (Å²) >= 11 is 0. The lowest BCUT2D eigenvalue weighted by atomic mass is 9.75. The van der Waals surface area contributed by atoms with E-state index < -0.39 is 0 Å². The molecular weight excluding hydrogens is 264 g/mol. The Bertz CT molecular complexity index is 508. The van der Waals surface area contributed by atoms with E-state index in [1.165, 1.54) is 12.8 Å². The molecule has 3 unspecified atom stereocenters. The van der Waals surface area contributed by atoms with Crippen molar-refractivity contribution in [2.45, 2.75) is 33.3 Å². The van der Waals surface area contributed by atoms with Crippen molar-refractivity contribution < 1.29 is 14.3 Å². The number of esters is 1. The highest BCUT2D eigenvalue weighted by Crippen LogP contribution is 2.55. The summed E-state index contributed by atoms with van der Waals surface area (Å²) in [6.07, 6.45) is 2.50. The molecular formula is C18H24O3. The molecule has 0 amide bonds. The van der Waals surface area contributed by atoms with Gasteiger partial charge in [-0.05, 0) is 54.2 Å². The smallest absolute Gasteiger partial charge is 0.309 e. The van der Waals surface area contributed by atoms with Gasteiger partial charge in [0.15, 0.2) is 0 Å². The molecule has 3 heteroatoms. The van der Waals surface area contributed by atoms with Crippen LogP contribution in [0.5, 0.6) is 5.75 Å². The first-order valence-electron chi connectivity index (χ1n) is 7.89. The first-order chi connectivity index (χ1) is 10.1. The van der Waals surface area contributed by atoms with Crippen LogP contribution in [0.4, 0.5) is 0 Å². The number of ether oxygens (including phenoxy) is 2. The molecule has 0 spiro atoms. The van der Waals surface area contributed by atoms with Gasteiger partial charge in [0.2, 0.25) is 0 Å². The minimum atomic E-state index is -0.00244. The van der Waals surface area contributed by atoms with E-state index in [2.05, 4.69) is 13.8 Å². The number of carbonyl (C=O) groups is 1. The molecule has 21 heavy (non-hydrogen) atoms. The van der Waals surface area contributed by atoms with Crippen LogP contribution in [0.2, 0.25) is 0 Å². The maximum Gasteiger partial charge on any atom is 0.309 e. The molecule has 3 rings (SSSR count). The van der Waals surface area contributed by atoms with Crippen molar-refractivity contribution in [2.24, 2.45) is 29.6 Å². The fourth-order valence-corrected chi connectivity index (χ4v) is 4.31. The van der Waals surface area contributed by atoms with Gasteiger partial charge < -0.3 is 9.47 Å². The zero-order chi connectivity index (χ0) is 15.0. The summed E-state index contributed by atoms with van der Waals surface area (Å²) in [5.74, 6) is 3.34. The summed E-state index contributed by atoms with van der Waals surface area (Å²) in [6, 6.07) is 7.68. The third-order valence-corrected chi connectivity index (χ3v) is 5.56. The summed E-state index contributed by atoms with van der Waals surface area (Å²) in [7, 11) is 1.65. The predicted molar refractivity (Wildman–Crippen MR) is 80.8 cm³/mol. The Labute approximate surface area is 126 Å². The SMILES string of the molecule is COc1ccc(COC(=O)C2C3CC(C[C@H]3C)[C@@H]2C)cc1. The predicted octanol–water partition coefficient (Wildman–Crippen LogP) is 3.67. The Hall–Kier alpha value is -1.51. The molecule has 1 aromatic rings. The first kappa shape index (κ1) is 14.4. The average Bonchev–Trinajstić information content (AvgIpc) is 3.02. The molecule has 0 radical (unpaired) electrons. The zero-order valence-corrected chi connectivity index (χ0v) is 13.0. The molecule has 0 heterocycles. The standard InChI is InChI=1S/C18H24O3/c1-11-8-14-9-16(11)17(12(14)2)18(19)21-10-13-4-6-15(20-3)7-5-13/h4-7,11-12,14,16-17H,8-10H2,1-3H3/t11-,12+,14?,16?,17?/m1/s1. The molecule has 114 valence electrons. The van der Waals surface area contributed by atoms with Crippen molar-refractivity contribution in [1.82, 2.24) is 0 Å². The van der Waals surface area contributed by atoms with Crippen LogP contribution in [0.15, 0.2) is 24.3 Å². The van der Waals surface area contributed by atoms with Crippen molar-refractivity contribution in [2.75, 3.05) is 7.11 Å². The Kier molecular flexibility index (Phi) is 3.92. The molecule has 1 aromatic carbocycles.